The number of aromatic nitrogens is 1. The van der Waals surface area contributed by atoms with Gasteiger partial charge in [-0.05, 0) is 0 Å². The topological polar surface area (TPSA) is 55.3 Å². The van der Waals surface area contributed by atoms with Crippen LogP contribution in [0, 0.1) is 0 Å². The van der Waals surface area contributed by atoms with E-state index in [2.05, 4.69) is 30.7 Å². The molecule has 0 unspecified atom stereocenters. The maximum atomic E-state index is 5.70. The summed E-state index contributed by atoms with van der Waals surface area (Å²) < 4.78 is 5.70. The largest absolute Gasteiger partial charge is 0.444 e. The molecule has 0 spiro atoms. The molecule has 4 heteroatoms. The first kappa shape index (κ1) is 10.6. The van der Waals surface area contributed by atoms with Crippen molar-refractivity contribution in [3.8, 4) is 0 Å². The van der Waals surface area contributed by atoms with Gasteiger partial charge in [0.15, 0.2) is 0 Å². The Balaban J connectivity index is 1.96. The van der Waals surface area contributed by atoms with E-state index in [1.54, 1.807) is 0 Å². The molecule has 1 aromatic rings. The van der Waals surface area contributed by atoms with E-state index in [4.69, 9.17) is 10.2 Å². The summed E-state index contributed by atoms with van der Waals surface area (Å²) in [7, 11) is 0. The van der Waals surface area contributed by atoms with Crippen LogP contribution in [0.5, 0.6) is 0 Å². The van der Waals surface area contributed by atoms with E-state index in [1.807, 2.05) is 6.20 Å². The molecule has 1 fully saturated rings. The average molecular weight is 209 g/mol. The first-order valence-electron chi connectivity index (χ1n) is 5.38. The molecule has 0 radical (unpaired) electrons. The van der Waals surface area contributed by atoms with E-state index in [0.717, 1.165) is 31.3 Å². The predicted octanol–water partition coefficient (Wildman–Crippen LogP) is 1.11. The van der Waals surface area contributed by atoms with Gasteiger partial charge in [0.2, 0.25) is 5.89 Å². The summed E-state index contributed by atoms with van der Waals surface area (Å²) in [5.74, 6) is 1.74. The molecule has 0 bridgehead atoms. The molecule has 0 aliphatic carbocycles. The Bertz CT molecular complexity index is 334. The van der Waals surface area contributed by atoms with Gasteiger partial charge < -0.3 is 10.2 Å². The van der Waals surface area contributed by atoms with Gasteiger partial charge in [0.05, 0.1) is 12.7 Å². The molecule has 15 heavy (non-hydrogen) atoms. The first-order chi connectivity index (χ1) is 6.95. The van der Waals surface area contributed by atoms with Crippen molar-refractivity contribution in [1.82, 2.24) is 9.88 Å². The van der Waals surface area contributed by atoms with Crippen LogP contribution in [0.15, 0.2) is 10.6 Å². The smallest absolute Gasteiger partial charge is 0.208 e. The van der Waals surface area contributed by atoms with E-state index in [1.165, 1.54) is 0 Å². The predicted molar refractivity (Wildman–Crippen MR) is 58.5 cm³/mol. The number of hydrogen-bond donors (Lipinski definition) is 1. The lowest BCUT2D eigenvalue weighted by Crippen LogP contribution is -2.54. The summed E-state index contributed by atoms with van der Waals surface area (Å²) in [5.41, 5.74) is 5.74. The zero-order chi connectivity index (χ0) is 11.1. The lowest BCUT2D eigenvalue weighted by molar-refractivity contribution is 0.127. The Hall–Kier alpha value is -0.870. The van der Waals surface area contributed by atoms with E-state index < -0.39 is 0 Å². The van der Waals surface area contributed by atoms with Crippen LogP contribution in [0.3, 0.4) is 0 Å². The van der Waals surface area contributed by atoms with Gasteiger partial charge in [-0.1, -0.05) is 20.8 Å². The van der Waals surface area contributed by atoms with Crippen molar-refractivity contribution in [2.24, 2.45) is 5.73 Å². The van der Waals surface area contributed by atoms with Crippen molar-refractivity contribution >= 4 is 0 Å². The van der Waals surface area contributed by atoms with Crippen molar-refractivity contribution < 1.29 is 4.42 Å². The highest BCUT2D eigenvalue weighted by molar-refractivity contribution is 5.06. The summed E-state index contributed by atoms with van der Waals surface area (Å²) in [5, 5.41) is 0. The number of nitrogens with zero attached hydrogens (tertiary/aromatic N) is 2. The Morgan fingerprint density at radius 2 is 2.20 bits per heavy atom. The summed E-state index contributed by atoms with van der Waals surface area (Å²) in [6, 6.07) is 0.335. The molecule has 2 heterocycles. The van der Waals surface area contributed by atoms with E-state index in [0.29, 0.717) is 6.04 Å². The highest BCUT2D eigenvalue weighted by atomic mass is 16.4. The number of nitrogens with two attached hydrogens (primary N) is 1. The second-order valence-corrected chi connectivity index (χ2v) is 5.32. The second kappa shape index (κ2) is 3.61. The molecule has 1 aliphatic rings. The zero-order valence-electron chi connectivity index (χ0n) is 9.66. The maximum Gasteiger partial charge on any atom is 0.208 e. The van der Waals surface area contributed by atoms with Crippen molar-refractivity contribution in [2.75, 3.05) is 13.1 Å². The fraction of sp³-hybridized carbons (Fsp3) is 0.727. The Kier molecular flexibility index (Phi) is 2.56. The molecule has 1 aromatic heterocycles. The molecule has 0 aromatic carbocycles. The van der Waals surface area contributed by atoms with Gasteiger partial charge in [0.25, 0.3) is 0 Å². The standard InChI is InChI=1S/C11H19N3O/c1-11(2,3)9-4-13-10(15-9)7-14-5-8(12)6-14/h4,8H,5-7,12H2,1-3H3. The Morgan fingerprint density at radius 3 is 2.67 bits per heavy atom. The molecule has 1 saturated heterocycles. The van der Waals surface area contributed by atoms with E-state index in [9.17, 15) is 0 Å². The van der Waals surface area contributed by atoms with Crippen molar-refractivity contribution in [3.05, 3.63) is 17.8 Å². The summed E-state index contributed by atoms with van der Waals surface area (Å²) in [6.45, 7) is 9.05. The van der Waals surface area contributed by atoms with Gasteiger partial charge in [0.1, 0.15) is 5.76 Å². The molecular formula is C11H19N3O. The zero-order valence-corrected chi connectivity index (χ0v) is 9.66. The SMILES string of the molecule is CC(C)(C)c1cnc(CN2CC(N)C2)o1. The third-order valence-electron chi connectivity index (χ3n) is 2.64. The Labute approximate surface area is 90.5 Å². The fourth-order valence-electron chi connectivity index (χ4n) is 1.66. The lowest BCUT2D eigenvalue weighted by Gasteiger charge is -2.35. The monoisotopic (exact) mass is 209 g/mol. The van der Waals surface area contributed by atoms with Gasteiger partial charge in [0, 0.05) is 24.5 Å². The number of rotatable bonds is 2. The summed E-state index contributed by atoms with van der Waals surface area (Å²) >= 11 is 0. The minimum Gasteiger partial charge on any atom is -0.444 e. The lowest BCUT2D eigenvalue weighted by atomic mass is 9.94. The van der Waals surface area contributed by atoms with Crippen LogP contribution in [0.1, 0.15) is 32.4 Å². The van der Waals surface area contributed by atoms with Crippen LogP contribution in [0.2, 0.25) is 0 Å². The third kappa shape index (κ3) is 2.38. The van der Waals surface area contributed by atoms with Crippen LogP contribution in [0.4, 0.5) is 0 Å². The van der Waals surface area contributed by atoms with Gasteiger partial charge in [-0.3, -0.25) is 4.90 Å². The van der Waals surface area contributed by atoms with Crippen LogP contribution in [0.25, 0.3) is 0 Å². The van der Waals surface area contributed by atoms with Crippen molar-refractivity contribution in [2.45, 2.75) is 38.8 Å². The molecule has 84 valence electrons. The number of oxazole rings is 1. The number of hydrogen-bond acceptors (Lipinski definition) is 4. The van der Waals surface area contributed by atoms with Gasteiger partial charge >= 0.3 is 0 Å². The van der Waals surface area contributed by atoms with E-state index in [-0.39, 0.29) is 5.41 Å². The highest BCUT2D eigenvalue weighted by Crippen LogP contribution is 2.23. The van der Waals surface area contributed by atoms with Crippen LogP contribution in [-0.2, 0) is 12.0 Å². The third-order valence-corrected chi connectivity index (χ3v) is 2.64. The summed E-state index contributed by atoms with van der Waals surface area (Å²) in [4.78, 5) is 6.52. The first-order valence-corrected chi connectivity index (χ1v) is 5.38. The second-order valence-electron chi connectivity index (χ2n) is 5.32. The molecule has 2 N–H and O–H groups in total. The molecule has 0 amide bonds. The van der Waals surface area contributed by atoms with Crippen LogP contribution in [-0.4, -0.2) is 29.0 Å². The molecule has 1 aliphatic heterocycles. The van der Waals surface area contributed by atoms with Crippen LogP contribution >= 0.6 is 0 Å². The molecule has 2 rings (SSSR count). The van der Waals surface area contributed by atoms with Crippen LogP contribution < -0.4 is 5.73 Å². The van der Waals surface area contributed by atoms with Crippen molar-refractivity contribution in [3.63, 3.8) is 0 Å². The normalized spacial score (nSPS) is 19.2. The van der Waals surface area contributed by atoms with Gasteiger partial charge in [-0.25, -0.2) is 4.98 Å². The summed E-state index contributed by atoms with van der Waals surface area (Å²) in [6.07, 6.45) is 1.83. The van der Waals surface area contributed by atoms with Crippen molar-refractivity contribution in [1.29, 1.82) is 0 Å². The maximum absolute atomic E-state index is 5.70. The minimum absolute atomic E-state index is 0.0383. The highest BCUT2D eigenvalue weighted by Gasteiger charge is 2.25. The molecular weight excluding hydrogens is 190 g/mol. The minimum atomic E-state index is 0.0383. The Morgan fingerprint density at radius 1 is 1.53 bits per heavy atom. The molecule has 0 atom stereocenters. The molecule has 4 nitrogen and oxygen atoms in total. The number of likely N-dealkylation sites (tertiary alicyclic amines) is 1. The van der Waals surface area contributed by atoms with E-state index >= 15 is 0 Å². The fourth-order valence-corrected chi connectivity index (χ4v) is 1.66. The van der Waals surface area contributed by atoms with Gasteiger partial charge in [-0.2, -0.15) is 0 Å². The average Bonchev–Trinajstić information content (AvgIpc) is 2.49. The quantitative estimate of drug-likeness (QED) is 0.793. The van der Waals surface area contributed by atoms with Gasteiger partial charge in [-0.15, -0.1) is 0 Å². The molecule has 0 saturated carbocycles.